The summed E-state index contributed by atoms with van der Waals surface area (Å²) in [6.45, 7) is 6.07. The fourth-order valence-electron chi connectivity index (χ4n) is 5.07. The highest BCUT2D eigenvalue weighted by Gasteiger charge is 2.33. The van der Waals surface area contributed by atoms with Crippen molar-refractivity contribution in [3.05, 3.63) is 120 Å². The number of nitrogens with one attached hydrogen (secondary N) is 1. The number of carbonyl (C=O) groups excluding carboxylic acids is 2. The van der Waals surface area contributed by atoms with E-state index in [9.17, 15) is 18.0 Å². The van der Waals surface area contributed by atoms with Crippen molar-refractivity contribution in [2.75, 3.05) is 23.9 Å². The quantitative estimate of drug-likeness (QED) is 0.137. The van der Waals surface area contributed by atoms with Gasteiger partial charge in [0.1, 0.15) is 24.1 Å². The number of aryl methyl sites for hydroxylation is 1. The summed E-state index contributed by atoms with van der Waals surface area (Å²) < 4.78 is 35.3. The van der Waals surface area contributed by atoms with Crippen molar-refractivity contribution in [3.8, 4) is 11.5 Å². The molecule has 0 saturated heterocycles. The van der Waals surface area contributed by atoms with Gasteiger partial charge >= 0.3 is 0 Å². The van der Waals surface area contributed by atoms with Crippen molar-refractivity contribution in [1.29, 1.82) is 0 Å². The Bertz CT molecular complexity index is 1650. The van der Waals surface area contributed by atoms with E-state index in [0.717, 1.165) is 28.3 Å². The second-order valence-corrected chi connectivity index (χ2v) is 13.0. The first-order valence-corrected chi connectivity index (χ1v) is 17.2. The van der Waals surface area contributed by atoms with Crippen LogP contribution in [0, 0.1) is 6.92 Å². The van der Waals surface area contributed by atoms with Crippen LogP contribution in [-0.4, -0.2) is 50.8 Å². The average Bonchev–Trinajstić information content (AvgIpc) is 3.07. The highest BCUT2D eigenvalue weighted by molar-refractivity contribution is 7.92. The topological polar surface area (TPSA) is 96.0 Å². The van der Waals surface area contributed by atoms with Gasteiger partial charge in [0.15, 0.2) is 0 Å². The number of sulfonamides is 1. The monoisotopic (exact) mass is 641 g/mol. The van der Waals surface area contributed by atoms with E-state index >= 15 is 0 Å². The lowest BCUT2D eigenvalue weighted by molar-refractivity contribution is -0.139. The van der Waals surface area contributed by atoms with Crippen LogP contribution < -0.4 is 14.4 Å². The Kier molecular flexibility index (Phi) is 12.4. The van der Waals surface area contributed by atoms with Gasteiger partial charge in [-0.1, -0.05) is 86.5 Å². The summed E-state index contributed by atoms with van der Waals surface area (Å²) in [5.74, 6) is 0.459. The van der Waals surface area contributed by atoms with E-state index in [0.29, 0.717) is 36.6 Å². The summed E-state index contributed by atoms with van der Waals surface area (Å²) in [6.07, 6.45) is 2.65. The first-order valence-electron chi connectivity index (χ1n) is 15.8. The van der Waals surface area contributed by atoms with Crippen LogP contribution in [0.4, 0.5) is 5.69 Å². The number of carbonyl (C=O) groups is 2. The molecular weight excluding hydrogens is 598 g/mol. The fourth-order valence-corrected chi connectivity index (χ4v) is 6.49. The molecule has 0 aromatic heterocycles. The van der Waals surface area contributed by atoms with Crippen LogP contribution in [0.15, 0.2) is 114 Å². The molecule has 0 spiro atoms. The maximum Gasteiger partial charge on any atom is 0.264 e. The van der Waals surface area contributed by atoms with Crippen molar-refractivity contribution < 1.29 is 22.7 Å². The number of unbranched alkanes of at least 4 members (excludes halogenated alkanes) is 1. The largest absolute Gasteiger partial charge is 0.457 e. The maximum atomic E-state index is 14.2. The van der Waals surface area contributed by atoms with Crippen LogP contribution in [0.3, 0.4) is 0 Å². The van der Waals surface area contributed by atoms with Crippen LogP contribution in [0.2, 0.25) is 0 Å². The van der Waals surface area contributed by atoms with Crippen LogP contribution in [0.1, 0.15) is 44.2 Å². The molecule has 4 aromatic rings. The van der Waals surface area contributed by atoms with E-state index in [1.807, 2.05) is 81.4 Å². The highest BCUT2D eigenvalue weighted by atomic mass is 32.2. The Morgan fingerprint density at radius 3 is 2.02 bits per heavy atom. The molecule has 8 nitrogen and oxygen atoms in total. The van der Waals surface area contributed by atoms with Gasteiger partial charge < -0.3 is 15.0 Å². The molecule has 1 N–H and O–H groups in total. The van der Waals surface area contributed by atoms with Gasteiger partial charge in [-0.3, -0.25) is 13.9 Å². The number of ether oxygens (including phenoxy) is 1. The third-order valence-electron chi connectivity index (χ3n) is 7.69. The van der Waals surface area contributed by atoms with Gasteiger partial charge in [-0.25, -0.2) is 8.42 Å². The molecule has 9 heteroatoms. The molecule has 46 heavy (non-hydrogen) atoms. The van der Waals surface area contributed by atoms with E-state index < -0.39 is 28.5 Å². The summed E-state index contributed by atoms with van der Waals surface area (Å²) in [7, 11) is -4.16. The van der Waals surface area contributed by atoms with Crippen LogP contribution in [0.25, 0.3) is 0 Å². The predicted octanol–water partition coefficient (Wildman–Crippen LogP) is 6.75. The summed E-state index contributed by atoms with van der Waals surface area (Å²) in [6, 6.07) is 31.4. The smallest absolute Gasteiger partial charge is 0.264 e. The molecule has 0 bridgehead atoms. The van der Waals surface area contributed by atoms with Crippen molar-refractivity contribution >= 4 is 27.5 Å². The lowest BCUT2D eigenvalue weighted by Gasteiger charge is -2.33. The summed E-state index contributed by atoms with van der Waals surface area (Å²) in [5, 5.41) is 2.96. The lowest BCUT2D eigenvalue weighted by Crippen LogP contribution is -2.53. The summed E-state index contributed by atoms with van der Waals surface area (Å²) >= 11 is 0. The first-order chi connectivity index (χ1) is 22.2. The lowest BCUT2D eigenvalue weighted by atomic mass is 10.1. The second-order valence-electron chi connectivity index (χ2n) is 11.1. The van der Waals surface area contributed by atoms with Gasteiger partial charge in [-0.05, 0) is 80.3 Å². The van der Waals surface area contributed by atoms with Gasteiger partial charge in [-0.15, -0.1) is 0 Å². The first kappa shape index (κ1) is 34.2. The summed E-state index contributed by atoms with van der Waals surface area (Å²) in [5.41, 5.74) is 2.23. The molecule has 4 aromatic carbocycles. The standard InChI is InChI=1S/C37H43N3O5S/c1-4-6-26-38-37(42)35(5-2)39(27-25-30-13-9-7-10-14-30)36(41)28-40(46(43,44)34-23-17-29(3)18-24-34)31-19-21-33(22-20-31)45-32-15-11-8-12-16-32/h7-24,35H,4-6,25-28H2,1-3H3,(H,38,42)/t35-/m0/s1. The third-order valence-corrected chi connectivity index (χ3v) is 9.48. The third kappa shape index (κ3) is 9.20. The van der Waals surface area contributed by atoms with E-state index in [1.165, 1.54) is 17.0 Å². The van der Waals surface area contributed by atoms with Gasteiger partial charge in [0, 0.05) is 13.1 Å². The Balaban J connectivity index is 1.67. The number of benzene rings is 4. The average molecular weight is 642 g/mol. The minimum atomic E-state index is -4.16. The molecular formula is C37H43N3O5S. The van der Waals surface area contributed by atoms with E-state index in [2.05, 4.69) is 5.32 Å². The molecule has 0 saturated carbocycles. The zero-order valence-electron chi connectivity index (χ0n) is 26.8. The molecule has 0 heterocycles. The Morgan fingerprint density at radius 2 is 1.41 bits per heavy atom. The number of amides is 2. The second kappa shape index (κ2) is 16.6. The zero-order valence-corrected chi connectivity index (χ0v) is 27.6. The van der Waals surface area contributed by atoms with Crippen molar-refractivity contribution in [2.45, 2.75) is 57.4 Å². The van der Waals surface area contributed by atoms with Gasteiger partial charge in [0.25, 0.3) is 10.0 Å². The van der Waals surface area contributed by atoms with Crippen molar-refractivity contribution in [1.82, 2.24) is 10.2 Å². The molecule has 0 unspecified atom stereocenters. The number of nitrogens with zero attached hydrogens (tertiary/aromatic N) is 2. The fraction of sp³-hybridized carbons (Fsp3) is 0.297. The molecule has 4 rings (SSSR count). The molecule has 1 atom stereocenters. The number of hydrogen-bond acceptors (Lipinski definition) is 5. The van der Waals surface area contributed by atoms with E-state index in [4.69, 9.17) is 4.74 Å². The van der Waals surface area contributed by atoms with Crippen LogP contribution in [0.5, 0.6) is 11.5 Å². The highest BCUT2D eigenvalue weighted by Crippen LogP contribution is 2.28. The normalized spacial score (nSPS) is 11.8. The van der Waals surface area contributed by atoms with Crippen molar-refractivity contribution in [2.24, 2.45) is 0 Å². The van der Waals surface area contributed by atoms with Gasteiger partial charge in [0.05, 0.1) is 10.6 Å². The minimum absolute atomic E-state index is 0.0655. The number of para-hydroxylation sites is 1. The number of hydrogen-bond donors (Lipinski definition) is 1. The Labute approximate surface area is 273 Å². The van der Waals surface area contributed by atoms with Crippen molar-refractivity contribution in [3.63, 3.8) is 0 Å². The predicted molar refractivity (Wildman–Crippen MR) is 183 cm³/mol. The summed E-state index contributed by atoms with van der Waals surface area (Å²) in [4.78, 5) is 29.2. The van der Waals surface area contributed by atoms with Crippen LogP contribution >= 0.6 is 0 Å². The molecule has 0 radical (unpaired) electrons. The maximum absolute atomic E-state index is 14.2. The Hall–Kier alpha value is -4.63. The number of rotatable bonds is 16. The zero-order chi connectivity index (χ0) is 32.9. The molecule has 2 amide bonds. The molecule has 0 aliphatic rings. The molecule has 0 fully saturated rings. The minimum Gasteiger partial charge on any atom is -0.457 e. The van der Waals surface area contributed by atoms with E-state index in [1.54, 1.807) is 36.4 Å². The Morgan fingerprint density at radius 1 is 0.804 bits per heavy atom. The molecule has 0 aliphatic heterocycles. The van der Waals surface area contributed by atoms with E-state index in [-0.39, 0.29) is 17.3 Å². The number of anilines is 1. The molecule has 0 aliphatic carbocycles. The molecule has 242 valence electrons. The SMILES string of the molecule is CCCCNC(=O)[C@H](CC)N(CCc1ccccc1)C(=O)CN(c1ccc(Oc2ccccc2)cc1)S(=O)(=O)c1ccc(C)cc1. The van der Waals surface area contributed by atoms with Gasteiger partial charge in [-0.2, -0.15) is 0 Å². The van der Waals surface area contributed by atoms with Crippen LogP contribution in [-0.2, 0) is 26.0 Å². The van der Waals surface area contributed by atoms with Gasteiger partial charge in [0.2, 0.25) is 11.8 Å².